The summed E-state index contributed by atoms with van der Waals surface area (Å²) in [5.74, 6) is -0.599. The molecule has 9 heteroatoms. The summed E-state index contributed by atoms with van der Waals surface area (Å²) in [6.07, 6.45) is -4.13. The van der Waals surface area contributed by atoms with Gasteiger partial charge in [0, 0.05) is 30.8 Å². The molecule has 6 nitrogen and oxygen atoms in total. The SMILES string of the molecule is O=C(C[C@@]1(C(=O)NCc2ccc(Nc3ccccc3C(F)(F)F)cc2)CCOC1)c1cccc(O)c1. The number of nitrogens with one attached hydrogen (secondary N) is 2. The predicted octanol–water partition coefficient (Wildman–Crippen LogP) is 5.45. The third-order valence-corrected chi connectivity index (χ3v) is 6.17. The van der Waals surface area contributed by atoms with Crippen molar-refractivity contribution < 1.29 is 32.6 Å². The maximum absolute atomic E-state index is 13.2. The lowest BCUT2D eigenvalue weighted by Gasteiger charge is -2.25. The average Bonchev–Trinajstić information content (AvgIpc) is 3.33. The van der Waals surface area contributed by atoms with Crippen LogP contribution in [0, 0.1) is 5.41 Å². The van der Waals surface area contributed by atoms with Gasteiger partial charge in [-0.1, -0.05) is 36.4 Å². The molecule has 4 rings (SSSR count). The number of carbonyl (C=O) groups excluding carboxylic acids is 2. The molecule has 3 aromatic rings. The summed E-state index contributed by atoms with van der Waals surface area (Å²) in [7, 11) is 0. The number of ketones is 1. The van der Waals surface area contributed by atoms with Crippen molar-refractivity contribution in [2.75, 3.05) is 18.5 Å². The second-order valence-corrected chi connectivity index (χ2v) is 8.78. The lowest BCUT2D eigenvalue weighted by Crippen LogP contribution is -2.42. The van der Waals surface area contributed by atoms with E-state index in [0.717, 1.165) is 11.6 Å². The van der Waals surface area contributed by atoms with Gasteiger partial charge in [-0.15, -0.1) is 0 Å². The van der Waals surface area contributed by atoms with Crippen LogP contribution in [-0.2, 0) is 22.3 Å². The Bertz CT molecular complexity index is 1240. The first-order valence-corrected chi connectivity index (χ1v) is 11.4. The summed E-state index contributed by atoms with van der Waals surface area (Å²) in [5.41, 5.74) is -0.281. The number of aromatic hydroxyl groups is 1. The summed E-state index contributed by atoms with van der Waals surface area (Å²) in [5, 5.41) is 15.3. The minimum atomic E-state index is -4.48. The number of benzene rings is 3. The number of carbonyl (C=O) groups is 2. The van der Waals surface area contributed by atoms with Crippen LogP contribution < -0.4 is 10.6 Å². The van der Waals surface area contributed by atoms with Crippen molar-refractivity contribution in [2.45, 2.75) is 25.6 Å². The van der Waals surface area contributed by atoms with Gasteiger partial charge in [-0.25, -0.2) is 0 Å². The van der Waals surface area contributed by atoms with Gasteiger partial charge >= 0.3 is 6.18 Å². The van der Waals surface area contributed by atoms with E-state index < -0.39 is 17.2 Å². The van der Waals surface area contributed by atoms with Gasteiger partial charge in [0.05, 0.1) is 23.3 Å². The van der Waals surface area contributed by atoms with E-state index in [2.05, 4.69) is 10.6 Å². The number of phenols is 1. The zero-order valence-electron chi connectivity index (χ0n) is 19.3. The molecule has 1 fully saturated rings. The van der Waals surface area contributed by atoms with Crippen molar-refractivity contribution in [3.05, 3.63) is 89.5 Å². The van der Waals surface area contributed by atoms with Gasteiger partial charge in [0.2, 0.25) is 5.91 Å². The van der Waals surface area contributed by atoms with Crippen LogP contribution in [0.15, 0.2) is 72.8 Å². The molecule has 0 unspecified atom stereocenters. The number of hydrogen-bond acceptors (Lipinski definition) is 5. The Labute approximate surface area is 206 Å². The first-order chi connectivity index (χ1) is 17.2. The Kier molecular flexibility index (Phi) is 7.30. The van der Waals surface area contributed by atoms with E-state index in [9.17, 15) is 27.9 Å². The number of para-hydroxylation sites is 1. The Morgan fingerprint density at radius 1 is 1.00 bits per heavy atom. The van der Waals surface area contributed by atoms with Crippen LogP contribution in [0.4, 0.5) is 24.5 Å². The second-order valence-electron chi connectivity index (χ2n) is 8.78. The third-order valence-electron chi connectivity index (χ3n) is 6.17. The van der Waals surface area contributed by atoms with Crippen molar-refractivity contribution in [2.24, 2.45) is 5.41 Å². The third kappa shape index (κ3) is 5.85. The smallest absolute Gasteiger partial charge is 0.418 e. The first-order valence-electron chi connectivity index (χ1n) is 11.4. The van der Waals surface area contributed by atoms with Gasteiger partial charge in [-0.05, 0) is 48.4 Å². The molecule has 0 spiro atoms. The average molecular weight is 499 g/mol. The van der Waals surface area contributed by atoms with Crippen molar-refractivity contribution in [3.8, 4) is 5.75 Å². The molecular weight excluding hydrogens is 473 g/mol. The fourth-order valence-electron chi connectivity index (χ4n) is 4.17. The number of Topliss-reactive ketones (excluding diaryl/α,β-unsaturated/α-hetero) is 1. The van der Waals surface area contributed by atoms with Gasteiger partial charge in [0.1, 0.15) is 5.75 Å². The van der Waals surface area contributed by atoms with E-state index in [1.54, 1.807) is 36.4 Å². The fraction of sp³-hybridized carbons (Fsp3) is 0.259. The minimum absolute atomic E-state index is 0.0261. The lowest BCUT2D eigenvalue weighted by molar-refractivity contribution is -0.137. The van der Waals surface area contributed by atoms with Crippen LogP contribution in [0.2, 0.25) is 0 Å². The summed E-state index contributed by atoms with van der Waals surface area (Å²) in [4.78, 5) is 25.9. The first kappa shape index (κ1) is 25.2. The molecule has 1 heterocycles. The maximum Gasteiger partial charge on any atom is 0.418 e. The number of ether oxygens (including phenoxy) is 1. The Morgan fingerprint density at radius 2 is 1.75 bits per heavy atom. The lowest BCUT2D eigenvalue weighted by atomic mass is 9.80. The normalized spacial score (nSPS) is 17.5. The Hall–Kier alpha value is -3.85. The molecule has 1 amide bonds. The number of amides is 1. The molecule has 188 valence electrons. The molecule has 1 aliphatic heterocycles. The predicted molar refractivity (Wildman–Crippen MR) is 128 cm³/mol. The monoisotopic (exact) mass is 498 g/mol. The number of halogens is 3. The molecule has 0 radical (unpaired) electrons. The van der Waals surface area contributed by atoms with Crippen LogP contribution in [0.5, 0.6) is 5.75 Å². The van der Waals surface area contributed by atoms with E-state index >= 15 is 0 Å². The highest BCUT2D eigenvalue weighted by Gasteiger charge is 2.44. The number of anilines is 2. The second kappa shape index (κ2) is 10.4. The van der Waals surface area contributed by atoms with Gasteiger partial charge in [-0.2, -0.15) is 13.2 Å². The Balaban J connectivity index is 1.39. The Morgan fingerprint density at radius 3 is 2.42 bits per heavy atom. The summed E-state index contributed by atoms with van der Waals surface area (Å²) in [6.45, 7) is 0.658. The maximum atomic E-state index is 13.2. The molecule has 36 heavy (non-hydrogen) atoms. The van der Waals surface area contributed by atoms with Crippen LogP contribution in [-0.4, -0.2) is 30.0 Å². The van der Waals surface area contributed by atoms with Gasteiger partial charge < -0.3 is 20.5 Å². The number of rotatable bonds is 8. The summed E-state index contributed by atoms with van der Waals surface area (Å²) in [6, 6.07) is 17.9. The summed E-state index contributed by atoms with van der Waals surface area (Å²) < 4.78 is 45.1. The van der Waals surface area contributed by atoms with Crippen molar-refractivity contribution in [1.29, 1.82) is 0 Å². The molecule has 3 aromatic carbocycles. The minimum Gasteiger partial charge on any atom is -0.508 e. The molecule has 1 atom stereocenters. The quantitative estimate of drug-likeness (QED) is 0.360. The molecule has 0 bridgehead atoms. The van der Waals surface area contributed by atoms with E-state index in [1.165, 1.54) is 30.3 Å². The molecule has 0 aromatic heterocycles. The number of alkyl halides is 3. The van der Waals surface area contributed by atoms with Crippen LogP contribution in [0.25, 0.3) is 0 Å². The molecule has 0 saturated carbocycles. The fourth-order valence-corrected chi connectivity index (χ4v) is 4.17. The van der Waals surface area contributed by atoms with Crippen LogP contribution in [0.3, 0.4) is 0 Å². The topological polar surface area (TPSA) is 87.7 Å². The van der Waals surface area contributed by atoms with Gasteiger partial charge in [0.25, 0.3) is 0 Å². The molecule has 3 N–H and O–H groups in total. The highest BCUT2D eigenvalue weighted by molar-refractivity contribution is 6.00. The van der Waals surface area contributed by atoms with Crippen molar-refractivity contribution >= 4 is 23.1 Å². The van der Waals surface area contributed by atoms with Gasteiger partial charge in [-0.3, -0.25) is 9.59 Å². The standard InChI is InChI=1S/C27H25F3N2O4/c28-27(29,30)22-6-1-2-7-23(22)32-20-10-8-18(9-11-20)16-31-25(35)26(12-13-36-17-26)15-24(34)19-4-3-5-21(33)14-19/h1-11,14,32-33H,12-13,15-17H2,(H,31,35)/t26-/m0/s1. The van der Waals surface area contributed by atoms with Crippen LogP contribution in [0.1, 0.15) is 34.3 Å². The van der Waals surface area contributed by atoms with E-state index in [-0.39, 0.29) is 42.7 Å². The molecular formula is C27H25F3N2O4. The zero-order valence-corrected chi connectivity index (χ0v) is 19.3. The highest BCUT2D eigenvalue weighted by atomic mass is 19.4. The molecule has 1 aliphatic rings. The van der Waals surface area contributed by atoms with E-state index in [1.807, 2.05) is 0 Å². The van der Waals surface area contributed by atoms with Crippen LogP contribution >= 0.6 is 0 Å². The van der Waals surface area contributed by atoms with E-state index in [0.29, 0.717) is 24.3 Å². The largest absolute Gasteiger partial charge is 0.508 e. The highest BCUT2D eigenvalue weighted by Crippen LogP contribution is 2.36. The number of hydrogen-bond donors (Lipinski definition) is 3. The summed E-state index contributed by atoms with van der Waals surface area (Å²) >= 11 is 0. The van der Waals surface area contributed by atoms with Crippen molar-refractivity contribution in [1.82, 2.24) is 5.32 Å². The van der Waals surface area contributed by atoms with Gasteiger partial charge in [0.15, 0.2) is 5.78 Å². The van der Waals surface area contributed by atoms with E-state index in [4.69, 9.17) is 4.74 Å². The molecule has 0 aliphatic carbocycles. The zero-order chi connectivity index (χ0) is 25.8. The molecule has 1 saturated heterocycles. The van der Waals surface area contributed by atoms with Crippen molar-refractivity contribution in [3.63, 3.8) is 0 Å². The number of phenolic OH excluding ortho intramolecular Hbond substituents is 1.